The van der Waals surface area contributed by atoms with Crippen molar-refractivity contribution in [3.05, 3.63) is 28.8 Å². The first-order valence-corrected chi connectivity index (χ1v) is 7.48. The Kier molecular flexibility index (Phi) is 4.81. The highest BCUT2D eigenvalue weighted by Gasteiger charge is 2.32. The first kappa shape index (κ1) is 15.0. The Balaban J connectivity index is 2.37. The van der Waals surface area contributed by atoms with Gasteiger partial charge in [-0.15, -0.1) is 0 Å². The lowest BCUT2D eigenvalue weighted by Crippen LogP contribution is -2.32. The second-order valence-corrected chi connectivity index (χ2v) is 5.91. The number of ketones is 1. The Morgan fingerprint density at radius 2 is 2.00 bits per heavy atom. The summed E-state index contributed by atoms with van der Waals surface area (Å²) in [6.07, 6.45) is 4.34. The quantitative estimate of drug-likeness (QED) is 0.858. The van der Waals surface area contributed by atoms with Gasteiger partial charge in [0.05, 0.1) is 12.7 Å². The number of carbonyl (C=O) groups excluding carboxylic acids is 1. The molecule has 0 amide bonds. The van der Waals surface area contributed by atoms with Crippen LogP contribution in [0.1, 0.15) is 47.2 Å². The van der Waals surface area contributed by atoms with E-state index in [0.29, 0.717) is 18.2 Å². The number of aryl methyl sites for hydroxylation is 2. The van der Waals surface area contributed by atoms with E-state index >= 15 is 0 Å². The standard InChI is InChI=1S/C17H25NO2/c1-11-8-12(2)16(15(9-11)20-3)17(19)14-7-5-4-6-13(14)10-18/h8-9,13-14H,4-7,10,18H2,1-3H3. The van der Waals surface area contributed by atoms with E-state index in [0.717, 1.165) is 36.0 Å². The van der Waals surface area contributed by atoms with E-state index in [2.05, 4.69) is 6.07 Å². The second kappa shape index (κ2) is 6.40. The summed E-state index contributed by atoms with van der Waals surface area (Å²) in [7, 11) is 1.63. The zero-order chi connectivity index (χ0) is 14.7. The summed E-state index contributed by atoms with van der Waals surface area (Å²) in [6.45, 7) is 4.61. The van der Waals surface area contributed by atoms with Gasteiger partial charge in [0, 0.05) is 5.92 Å². The average Bonchev–Trinajstić information content (AvgIpc) is 2.45. The molecular formula is C17H25NO2. The van der Waals surface area contributed by atoms with Crippen LogP contribution in [0.25, 0.3) is 0 Å². The van der Waals surface area contributed by atoms with Gasteiger partial charge in [0.2, 0.25) is 0 Å². The maximum Gasteiger partial charge on any atom is 0.170 e. The number of hydrogen-bond donors (Lipinski definition) is 1. The number of methoxy groups -OCH3 is 1. The lowest BCUT2D eigenvalue weighted by atomic mass is 9.74. The van der Waals surface area contributed by atoms with Crippen molar-refractivity contribution in [1.29, 1.82) is 0 Å². The fourth-order valence-corrected chi connectivity index (χ4v) is 3.43. The van der Waals surface area contributed by atoms with Crippen LogP contribution in [0.5, 0.6) is 5.75 Å². The van der Waals surface area contributed by atoms with Crippen LogP contribution in [0, 0.1) is 25.7 Å². The van der Waals surface area contributed by atoms with Crippen molar-refractivity contribution in [1.82, 2.24) is 0 Å². The van der Waals surface area contributed by atoms with Gasteiger partial charge in [0.25, 0.3) is 0 Å². The van der Waals surface area contributed by atoms with E-state index < -0.39 is 0 Å². The van der Waals surface area contributed by atoms with E-state index in [-0.39, 0.29) is 11.7 Å². The van der Waals surface area contributed by atoms with Crippen molar-refractivity contribution >= 4 is 5.78 Å². The minimum Gasteiger partial charge on any atom is -0.496 e. The highest BCUT2D eigenvalue weighted by molar-refractivity contribution is 6.02. The molecular weight excluding hydrogens is 250 g/mol. The van der Waals surface area contributed by atoms with Crippen molar-refractivity contribution in [3.8, 4) is 5.75 Å². The molecule has 1 aromatic carbocycles. The van der Waals surface area contributed by atoms with Crippen molar-refractivity contribution in [2.24, 2.45) is 17.6 Å². The molecule has 0 spiro atoms. The summed E-state index contributed by atoms with van der Waals surface area (Å²) < 4.78 is 5.44. The molecule has 3 nitrogen and oxygen atoms in total. The molecule has 1 aliphatic carbocycles. The zero-order valence-corrected chi connectivity index (χ0v) is 12.7. The van der Waals surface area contributed by atoms with Gasteiger partial charge in [-0.3, -0.25) is 4.79 Å². The Hall–Kier alpha value is -1.35. The fourth-order valence-electron chi connectivity index (χ4n) is 3.43. The Morgan fingerprint density at radius 1 is 1.30 bits per heavy atom. The van der Waals surface area contributed by atoms with Gasteiger partial charge in [-0.2, -0.15) is 0 Å². The van der Waals surface area contributed by atoms with E-state index in [4.69, 9.17) is 10.5 Å². The molecule has 0 bridgehead atoms. The molecule has 2 atom stereocenters. The predicted octanol–water partition coefficient (Wildman–Crippen LogP) is 3.26. The number of nitrogens with two attached hydrogens (primary N) is 1. The molecule has 0 aromatic heterocycles. The van der Waals surface area contributed by atoms with Crippen molar-refractivity contribution in [2.45, 2.75) is 39.5 Å². The number of hydrogen-bond acceptors (Lipinski definition) is 3. The minimum atomic E-state index is 0.0593. The van der Waals surface area contributed by atoms with Crippen LogP contribution in [0.3, 0.4) is 0 Å². The highest BCUT2D eigenvalue weighted by atomic mass is 16.5. The van der Waals surface area contributed by atoms with Gasteiger partial charge in [0.15, 0.2) is 5.78 Å². The van der Waals surface area contributed by atoms with Crippen LogP contribution in [0.15, 0.2) is 12.1 Å². The van der Waals surface area contributed by atoms with E-state index in [1.165, 1.54) is 6.42 Å². The number of rotatable bonds is 4. The maximum absolute atomic E-state index is 12.9. The highest BCUT2D eigenvalue weighted by Crippen LogP contribution is 2.35. The molecule has 1 aromatic rings. The van der Waals surface area contributed by atoms with Crippen LogP contribution < -0.4 is 10.5 Å². The summed E-state index contributed by atoms with van der Waals surface area (Å²) in [5.74, 6) is 1.30. The number of ether oxygens (including phenoxy) is 1. The first-order valence-electron chi connectivity index (χ1n) is 7.48. The van der Waals surface area contributed by atoms with Gasteiger partial charge in [0.1, 0.15) is 5.75 Å². The monoisotopic (exact) mass is 275 g/mol. The second-order valence-electron chi connectivity index (χ2n) is 5.91. The van der Waals surface area contributed by atoms with Crippen LogP contribution in [-0.4, -0.2) is 19.4 Å². The number of Topliss-reactive ketones (excluding diaryl/α,β-unsaturated/α-hetero) is 1. The lowest BCUT2D eigenvalue weighted by molar-refractivity contribution is 0.0826. The van der Waals surface area contributed by atoms with Gasteiger partial charge in [-0.25, -0.2) is 0 Å². The number of carbonyl (C=O) groups is 1. The molecule has 0 aliphatic heterocycles. The van der Waals surface area contributed by atoms with Gasteiger partial charge in [-0.1, -0.05) is 18.9 Å². The summed E-state index contributed by atoms with van der Waals surface area (Å²) >= 11 is 0. The third-order valence-corrected chi connectivity index (χ3v) is 4.46. The van der Waals surface area contributed by atoms with E-state index in [1.54, 1.807) is 7.11 Å². The molecule has 1 aliphatic rings. The maximum atomic E-state index is 12.9. The molecule has 1 saturated carbocycles. The molecule has 1 fully saturated rings. The van der Waals surface area contributed by atoms with E-state index in [9.17, 15) is 4.79 Å². The first-order chi connectivity index (χ1) is 9.58. The van der Waals surface area contributed by atoms with Crippen LogP contribution in [0.2, 0.25) is 0 Å². The minimum absolute atomic E-state index is 0.0593. The smallest absolute Gasteiger partial charge is 0.170 e. The molecule has 2 N–H and O–H groups in total. The molecule has 110 valence electrons. The molecule has 2 rings (SSSR count). The van der Waals surface area contributed by atoms with Crippen LogP contribution >= 0.6 is 0 Å². The van der Waals surface area contributed by atoms with Crippen molar-refractivity contribution in [2.75, 3.05) is 13.7 Å². The largest absolute Gasteiger partial charge is 0.496 e. The van der Waals surface area contributed by atoms with Gasteiger partial charge < -0.3 is 10.5 Å². The van der Waals surface area contributed by atoms with Crippen LogP contribution in [-0.2, 0) is 0 Å². The molecule has 0 radical (unpaired) electrons. The van der Waals surface area contributed by atoms with E-state index in [1.807, 2.05) is 19.9 Å². The van der Waals surface area contributed by atoms with Gasteiger partial charge in [-0.05, 0) is 56.3 Å². The van der Waals surface area contributed by atoms with Crippen molar-refractivity contribution in [3.63, 3.8) is 0 Å². The third kappa shape index (κ3) is 2.88. The Morgan fingerprint density at radius 3 is 2.65 bits per heavy atom. The molecule has 20 heavy (non-hydrogen) atoms. The molecule has 2 unspecified atom stereocenters. The summed E-state index contributed by atoms with van der Waals surface area (Å²) in [6, 6.07) is 4.00. The lowest BCUT2D eigenvalue weighted by Gasteiger charge is -2.30. The Bertz CT molecular complexity index is 496. The molecule has 0 saturated heterocycles. The molecule has 3 heteroatoms. The van der Waals surface area contributed by atoms with Crippen molar-refractivity contribution < 1.29 is 9.53 Å². The summed E-state index contributed by atoms with van der Waals surface area (Å²) in [5, 5.41) is 0. The fraction of sp³-hybridized carbons (Fsp3) is 0.588. The van der Waals surface area contributed by atoms with Crippen LogP contribution in [0.4, 0.5) is 0 Å². The Labute approximate surface area is 121 Å². The summed E-state index contributed by atoms with van der Waals surface area (Å²) in [4.78, 5) is 12.9. The van der Waals surface area contributed by atoms with Gasteiger partial charge >= 0.3 is 0 Å². The average molecular weight is 275 g/mol. The normalized spacial score (nSPS) is 22.6. The third-order valence-electron chi connectivity index (χ3n) is 4.46. The topological polar surface area (TPSA) is 52.3 Å². The number of benzene rings is 1. The zero-order valence-electron chi connectivity index (χ0n) is 12.7. The SMILES string of the molecule is COc1cc(C)cc(C)c1C(=O)C1CCCCC1CN. The summed E-state index contributed by atoms with van der Waals surface area (Å²) in [5.41, 5.74) is 8.74. The molecule has 0 heterocycles. The predicted molar refractivity (Wildman–Crippen MR) is 81.3 cm³/mol.